The van der Waals surface area contributed by atoms with E-state index in [1.807, 2.05) is 13.8 Å². The fourth-order valence-corrected chi connectivity index (χ4v) is 2.14. The van der Waals surface area contributed by atoms with Crippen LogP contribution in [0.2, 0.25) is 0 Å². The summed E-state index contributed by atoms with van der Waals surface area (Å²) in [5.41, 5.74) is 0. The number of hydrogen-bond donors (Lipinski definition) is 0. The van der Waals surface area contributed by atoms with Gasteiger partial charge in [-0.15, -0.1) is 11.6 Å². The van der Waals surface area contributed by atoms with Crippen LogP contribution in [0.15, 0.2) is 0 Å². The number of hydrogen-bond acceptors (Lipinski definition) is 2. The molecule has 62 valence electrons. The number of rotatable bonds is 3. The Bertz CT molecular complexity index is 184. The van der Waals surface area contributed by atoms with Gasteiger partial charge in [0.2, 0.25) is 0 Å². The van der Waals surface area contributed by atoms with Gasteiger partial charge >= 0.3 is 0 Å². The highest BCUT2D eigenvalue weighted by molar-refractivity contribution is 7.93. The van der Waals surface area contributed by atoms with E-state index in [-0.39, 0.29) is 16.4 Å². The normalized spacial score (nSPS) is 15.7. The molecule has 1 atom stereocenters. The first-order chi connectivity index (χ1) is 4.41. The molecular formula is C6H13ClO2S. The Morgan fingerprint density at radius 3 is 1.80 bits per heavy atom. The molecule has 0 saturated heterocycles. The fraction of sp³-hybridized carbons (Fsp3) is 1.00. The van der Waals surface area contributed by atoms with Gasteiger partial charge in [-0.1, -0.05) is 13.8 Å². The Labute approximate surface area is 67.5 Å². The first-order valence-electron chi connectivity index (χ1n) is 3.19. The van der Waals surface area contributed by atoms with Crippen LogP contribution in [0, 0.1) is 5.92 Å². The highest BCUT2D eigenvalue weighted by Gasteiger charge is 2.22. The van der Waals surface area contributed by atoms with Crippen molar-refractivity contribution in [1.82, 2.24) is 0 Å². The van der Waals surface area contributed by atoms with E-state index >= 15 is 0 Å². The quantitative estimate of drug-likeness (QED) is 0.625. The van der Waals surface area contributed by atoms with Gasteiger partial charge in [0.05, 0.1) is 5.25 Å². The van der Waals surface area contributed by atoms with Crippen LogP contribution in [-0.4, -0.2) is 18.9 Å². The van der Waals surface area contributed by atoms with E-state index in [1.165, 1.54) is 0 Å². The van der Waals surface area contributed by atoms with Crippen LogP contribution in [0.4, 0.5) is 0 Å². The zero-order valence-corrected chi connectivity index (χ0v) is 8.04. The van der Waals surface area contributed by atoms with Crippen molar-refractivity contribution in [2.45, 2.75) is 26.0 Å². The van der Waals surface area contributed by atoms with Gasteiger partial charge in [-0.25, -0.2) is 8.42 Å². The SMILES string of the molecule is CC(C)C(C)S(=O)(=O)CCl. The fourth-order valence-electron chi connectivity index (χ4n) is 0.514. The number of halogens is 1. The van der Waals surface area contributed by atoms with Gasteiger partial charge in [-0.05, 0) is 12.8 Å². The summed E-state index contributed by atoms with van der Waals surface area (Å²) in [5, 5.41) is -0.600. The van der Waals surface area contributed by atoms with Crippen LogP contribution in [0.3, 0.4) is 0 Å². The van der Waals surface area contributed by atoms with Gasteiger partial charge in [0, 0.05) is 0 Å². The molecule has 1 unspecified atom stereocenters. The molecule has 0 radical (unpaired) electrons. The van der Waals surface area contributed by atoms with E-state index in [0.29, 0.717) is 0 Å². The second-order valence-electron chi connectivity index (χ2n) is 2.72. The second-order valence-corrected chi connectivity index (χ2v) is 5.66. The Hall–Kier alpha value is 0.240. The Balaban J connectivity index is 4.35. The Morgan fingerprint density at radius 1 is 1.30 bits per heavy atom. The van der Waals surface area contributed by atoms with Crippen molar-refractivity contribution in [1.29, 1.82) is 0 Å². The van der Waals surface area contributed by atoms with Gasteiger partial charge < -0.3 is 0 Å². The van der Waals surface area contributed by atoms with Crippen LogP contribution in [-0.2, 0) is 9.84 Å². The maximum Gasteiger partial charge on any atom is 0.167 e. The molecule has 0 aromatic heterocycles. The van der Waals surface area contributed by atoms with E-state index < -0.39 is 9.84 Å². The van der Waals surface area contributed by atoms with Crippen molar-refractivity contribution in [3.8, 4) is 0 Å². The zero-order chi connectivity index (χ0) is 8.36. The predicted molar refractivity (Wildman–Crippen MR) is 43.9 cm³/mol. The van der Waals surface area contributed by atoms with Gasteiger partial charge in [0.1, 0.15) is 5.21 Å². The van der Waals surface area contributed by atoms with Crippen LogP contribution >= 0.6 is 11.6 Å². The number of alkyl halides is 1. The van der Waals surface area contributed by atoms with Crippen molar-refractivity contribution in [2.75, 3.05) is 5.21 Å². The average molecular weight is 185 g/mol. The minimum absolute atomic E-state index is 0.142. The largest absolute Gasteiger partial charge is 0.227 e. The molecule has 0 heterocycles. The molecule has 0 aliphatic carbocycles. The van der Waals surface area contributed by atoms with E-state index in [9.17, 15) is 8.42 Å². The summed E-state index contributed by atoms with van der Waals surface area (Å²) < 4.78 is 22.0. The highest BCUT2D eigenvalue weighted by atomic mass is 35.5. The van der Waals surface area contributed by atoms with Crippen molar-refractivity contribution < 1.29 is 8.42 Å². The lowest BCUT2D eigenvalue weighted by atomic mass is 10.2. The van der Waals surface area contributed by atoms with Crippen molar-refractivity contribution in [3.05, 3.63) is 0 Å². The summed E-state index contributed by atoms with van der Waals surface area (Å²) in [7, 11) is -3.03. The van der Waals surface area contributed by atoms with E-state index in [1.54, 1.807) is 6.92 Å². The summed E-state index contributed by atoms with van der Waals surface area (Å²) in [4.78, 5) is 0. The van der Waals surface area contributed by atoms with Gasteiger partial charge in [-0.2, -0.15) is 0 Å². The third-order valence-corrected chi connectivity index (χ3v) is 4.55. The lowest BCUT2D eigenvalue weighted by Gasteiger charge is -2.13. The van der Waals surface area contributed by atoms with Gasteiger partial charge in [-0.3, -0.25) is 0 Å². The molecule has 0 aliphatic rings. The summed E-state index contributed by atoms with van der Waals surface area (Å²) in [6, 6.07) is 0. The Morgan fingerprint density at radius 2 is 1.70 bits per heavy atom. The summed E-state index contributed by atoms with van der Waals surface area (Å²) in [6.07, 6.45) is 0. The van der Waals surface area contributed by atoms with Crippen molar-refractivity contribution in [3.63, 3.8) is 0 Å². The minimum atomic E-state index is -3.03. The van der Waals surface area contributed by atoms with Crippen molar-refractivity contribution in [2.24, 2.45) is 5.92 Å². The highest BCUT2D eigenvalue weighted by Crippen LogP contribution is 2.12. The summed E-state index contributed by atoms with van der Waals surface area (Å²) in [6.45, 7) is 5.42. The maximum absolute atomic E-state index is 11.0. The first-order valence-corrected chi connectivity index (χ1v) is 5.44. The maximum atomic E-state index is 11.0. The lowest BCUT2D eigenvalue weighted by Crippen LogP contribution is -2.24. The monoisotopic (exact) mass is 184 g/mol. The van der Waals surface area contributed by atoms with Crippen LogP contribution in [0.1, 0.15) is 20.8 Å². The molecule has 0 N–H and O–H groups in total. The zero-order valence-electron chi connectivity index (χ0n) is 6.46. The molecule has 2 nitrogen and oxygen atoms in total. The topological polar surface area (TPSA) is 34.1 Å². The van der Waals surface area contributed by atoms with Gasteiger partial charge in [0.15, 0.2) is 9.84 Å². The van der Waals surface area contributed by atoms with Crippen LogP contribution in [0.25, 0.3) is 0 Å². The standard InChI is InChI=1S/C6H13ClO2S/c1-5(2)6(3)10(8,9)4-7/h5-6H,4H2,1-3H3. The van der Waals surface area contributed by atoms with Crippen LogP contribution in [0.5, 0.6) is 0 Å². The molecule has 0 bridgehead atoms. The average Bonchev–Trinajstić information content (AvgIpc) is 1.86. The molecule has 0 saturated carbocycles. The Kier molecular flexibility index (Phi) is 3.66. The molecule has 0 aromatic carbocycles. The summed E-state index contributed by atoms with van der Waals surface area (Å²) >= 11 is 5.24. The molecule has 4 heteroatoms. The molecule has 0 aliphatic heterocycles. The second kappa shape index (κ2) is 3.58. The number of sulfone groups is 1. The minimum Gasteiger partial charge on any atom is -0.227 e. The third kappa shape index (κ3) is 2.46. The van der Waals surface area contributed by atoms with Gasteiger partial charge in [0.25, 0.3) is 0 Å². The van der Waals surface area contributed by atoms with Crippen molar-refractivity contribution >= 4 is 21.4 Å². The molecule has 0 spiro atoms. The molecular weight excluding hydrogens is 172 g/mol. The molecule has 10 heavy (non-hydrogen) atoms. The third-order valence-electron chi connectivity index (χ3n) is 1.66. The van der Waals surface area contributed by atoms with E-state index in [0.717, 1.165) is 0 Å². The molecule has 0 fully saturated rings. The predicted octanol–water partition coefficient (Wildman–Crippen LogP) is 1.64. The molecule has 0 rings (SSSR count). The summed E-state index contributed by atoms with van der Waals surface area (Å²) in [5.74, 6) is 0.142. The first kappa shape index (κ1) is 10.2. The molecule has 0 amide bonds. The lowest BCUT2D eigenvalue weighted by molar-refractivity contribution is 0.550. The van der Waals surface area contributed by atoms with E-state index in [4.69, 9.17) is 11.6 Å². The van der Waals surface area contributed by atoms with Crippen LogP contribution < -0.4 is 0 Å². The van der Waals surface area contributed by atoms with E-state index in [2.05, 4.69) is 0 Å². The smallest absolute Gasteiger partial charge is 0.167 e. The molecule has 0 aromatic rings.